The highest BCUT2D eigenvalue weighted by Gasteiger charge is 2.31. The summed E-state index contributed by atoms with van der Waals surface area (Å²) in [6.45, 7) is 4.33. The second kappa shape index (κ2) is 8.25. The van der Waals surface area contributed by atoms with Crippen LogP contribution in [0.15, 0.2) is 53.1 Å². The molecule has 0 saturated carbocycles. The summed E-state index contributed by atoms with van der Waals surface area (Å²) in [5.74, 6) is 1.35. The van der Waals surface area contributed by atoms with Crippen LogP contribution in [-0.2, 0) is 11.2 Å². The van der Waals surface area contributed by atoms with Gasteiger partial charge in [-0.3, -0.25) is 4.79 Å². The molecular formula is C22H22ClN3O3. The molecule has 0 unspecified atom stereocenters. The van der Waals surface area contributed by atoms with Gasteiger partial charge >= 0.3 is 0 Å². The predicted molar refractivity (Wildman–Crippen MR) is 110 cm³/mol. The first-order valence-corrected chi connectivity index (χ1v) is 9.99. The molecule has 0 spiro atoms. The predicted octanol–water partition coefficient (Wildman–Crippen LogP) is 4.45. The van der Waals surface area contributed by atoms with Crippen molar-refractivity contribution in [2.45, 2.75) is 26.3 Å². The van der Waals surface area contributed by atoms with E-state index in [-0.39, 0.29) is 23.8 Å². The molecule has 3 aromatic rings. The Bertz CT molecular complexity index is 1000. The van der Waals surface area contributed by atoms with Crippen molar-refractivity contribution in [3.8, 4) is 17.1 Å². The Hall–Kier alpha value is -2.86. The molecule has 7 heteroatoms. The van der Waals surface area contributed by atoms with E-state index < -0.39 is 0 Å². The normalized spacial score (nSPS) is 16.8. The molecule has 29 heavy (non-hydrogen) atoms. The first-order chi connectivity index (χ1) is 14.0. The van der Waals surface area contributed by atoms with Gasteiger partial charge in [-0.15, -0.1) is 0 Å². The molecule has 1 aromatic heterocycles. The van der Waals surface area contributed by atoms with Crippen LogP contribution in [0.3, 0.4) is 0 Å². The Kier molecular flexibility index (Phi) is 5.53. The average Bonchev–Trinajstić information content (AvgIpc) is 3.21. The summed E-state index contributed by atoms with van der Waals surface area (Å²) in [4.78, 5) is 17.5. The first-order valence-electron chi connectivity index (χ1n) is 9.62. The van der Waals surface area contributed by atoms with E-state index in [1.807, 2.05) is 56.3 Å². The lowest BCUT2D eigenvalue weighted by Gasteiger charge is -2.27. The zero-order valence-corrected chi connectivity index (χ0v) is 17.0. The van der Waals surface area contributed by atoms with Crippen LogP contribution >= 0.6 is 11.6 Å². The van der Waals surface area contributed by atoms with Gasteiger partial charge in [0.05, 0.1) is 5.92 Å². The van der Waals surface area contributed by atoms with Crippen LogP contribution < -0.4 is 10.1 Å². The lowest BCUT2D eigenvalue weighted by atomic mass is 9.95. The lowest BCUT2D eigenvalue weighted by Crippen LogP contribution is -2.40. The molecule has 1 amide bonds. The summed E-state index contributed by atoms with van der Waals surface area (Å²) in [5, 5.41) is 7.77. The van der Waals surface area contributed by atoms with Gasteiger partial charge < -0.3 is 14.6 Å². The van der Waals surface area contributed by atoms with Gasteiger partial charge in [0.2, 0.25) is 17.6 Å². The summed E-state index contributed by atoms with van der Waals surface area (Å²) < 4.78 is 11.2. The molecule has 2 heterocycles. The summed E-state index contributed by atoms with van der Waals surface area (Å²) in [6.07, 6.45) is 0.575. The van der Waals surface area contributed by atoms with E-state index in [0.29, 0.717) is 29.8 Å². The van der Waals surface area contributed by atoms with E-state index in [1.165, 1.54) is 0 Å². The molecule has 1 aliphatic heterocycles. The standard InChI is InChI=1S/C22H22ClN3O3/c1-13(2)19(22-25-20(26-29-22)14-6-4-3-5-7-14)24-21(27)16-10-15-11-17(23)8-9-18(15)28-12-16/h3-9,11,13,16,19H,10,12H2,1-2H3,(H,24,27)/t16-,19-/m0/s1. The van der Waals surface area contributed by atoms with E-state index in [9.17, 15) is 4.79 Å². The van der Waals surface area contributed by atoms with Crippen LogP contribution in [0, 0.1) is 11.8 Å². The molecular weight excluding hydrogens is 390 g/mol. The first kappa shape index (κ1) is 19.5. The Morgan fingerprint density at radius 1 is 1.21 bits per heavy atom. The third-order valence-corrected chi connectivity index (χ3v) is 5.24. The van der Waals surface area contributed by atoms with Gasteiger partial charge in [0.1, 0.15) is 18.4 Å². The summed E-state index contributed by atoms with van der Waals surface area (Å²) >= 11 is 6.08. The smallest absolute Gasteiger partial charge is 0.249 e. The summed E-state index contributed by atoms with van der Waals surface area (Å²) in [5.41, 5.74) is 1.81. The highest BCUT2D eigenvalue weighted by Crippen LogP contribution is 2.31. The highest BCUT2D eigenvalue weighted by atomic mass is 35.5. The zero-order chi connectivity index (χ0) is 20.4. The number of fused-ring (bicyclic) bond motifs is 1. The van der Waals surface area contributed by atoms with Crippen LogP contribution in [0.25, 0.3) is 11.4 Å². The fourth-order valence-electron chi connectivity index (χ4n) is 3.38. The Morgan fingerprint density at radius 2 is 2.00 bits per heavy atom. The molecule has 2 aromatic carbocycles. The molecule has 2 atom stereocenters. The van der Waals surface area contributed by atoms with Crippen molar-refractivity contribution >= 4 is 17.5 Å². The van der Waals surface area contributed by atoms with Crippen LogP contribution in [0.5, 0.6) is 5.75 Å². The van der Waals surface area contributed by atoms with Crippen molar-refractivity contribution in [2.24, 2.45) is 11.8 Å². The Morgan fingerprint density at radius 3 is 2.76 bits per heavy atom. The zero-order valence-electron chi connectivity index (χ0n) is 16.3. The number of nitrogens with zero attached hydrogens (tertiary/aromatic N) is 2. The molecule has 0 fully saturated rings. The van der Waals surface area contributed by atoms with Crippen LogP contribution in [0.4, 0.5) is 0 Å². The van der Waals surface area contributed by atoms with Crippen LogP contribution in [-0.4, -0.2) is 22.7 Å². The van der Waals surface area contributed by atoms with E-state index in [0.717, 1.165) is 16.9 Å². The SMILES string of the molecule is CC(C)[C@H](NC(=O)[C@@H]1COc2ccc(Cl)cc2C1)c1nc(-c2ccccc2)no1. The minimum absolute atomic E-state index is 0.0780. The van der Waals surface area contributed by atoms with Crippen molar-refractivity contribution in [3.63, 3.8) is 0 Å². The number of aromatic nitrogens is 2. The number of hydrogen-bond donors (Lipinski definition) is 1. The number of benzene rings is 2. The van der Waals surface area contributed by atoms with E-state index in [4.69, 9.17) is 20.9 Å². The number of nitrogens with one attached hydrogen (secondary N) is 1. The molecule has 0 aliphatic carbocycles. The lowest BCUT2D eigenvalue weighted by molar-refractivity contribution is -0.127. The number of rotatable bonds is 5. The number of amides is 1. The van der Waals surface area contributed by atoms with Crippen LogP contribution in [0.1, 0.15) is 31.3 Å². The van der Waals surface area contributed by atoms with Crippen molar-refractivity contribution in [3.05, 3.63) is 65.0 Å². The van der Waals surface area contributed by atoms with Gasteiger partial charge in [0.15, 0.2) is 0 Å². The molecule has 1 aliphatic rings. The molecule has 0 bridgehead atoms. The third-order valence-electron chi connectivity index (χ3n) is 5.00. The Balaban J connectivity index is 1.49. The number of carbonyl (C=O) groups is 1. The highest BCUT2D eigenvalue weighted by molar-refractivity contribution is 6.30. The van der Waals surface area contributed by atoms with Crippen molar-refractivity contribution in [2.75, 3.05) is 6.61 Å². The van der Waals surface area contributed by atoms with Crippen molar-refractivity contribution < 1.29 is 14.1 Å². The molecule has 1 N–H and O–H groups in total. The second-order valence-electron chi connectivity index (χ2n) is 7.52. The summed E-state index contributed by atoms with van der Waals surface area (Å²) in [7, 11) is 0. The van der Waals surface area contributed by atoms with Crippen molar-refractivity contribution in [1.82, 2.24) is 15.5 Å². The van der Waals surface area contributed by atoms with Gasteiger partial charge in [-0.25, -0.2) is 0 Å². The van der Waals surface area contributed by atoms with E-state index in [1.54, 1.807) is 6.07 Å². The topological polar surface area (TPSA) is 77.2 Å². The number of ether oxygens (including phenoxy) is 1. The second-order valence-corrected chi connectivity index (χ2v) is 7.95. The van der Waals surface area contributed by atoms with Gasteiger partial charge in [0, 0.05) is 10.6 Å². The quantitative estimate of drug-likeness (QED) is 0.670. The van der Waals surface area contributed by atoms with Gasteiger partial charge in [-0.1, -0.05) is 60.9 Å². The average molecular weight is 412 g/mol. The monoisotopic (exact) mass is 411 g/mol. The maximum Gasteiger partial charge on any atom is 0.249 e. The fourth-order valence-corrected chi connectivity index (χ4v) is 3.58. The van der Waals surface area contributed by atoms with Crippen molar-refractivity contribution in [1.29, 1.82) is 0 Å². The number of halogens is 1. The summed E-state index contributed by atoms with van der Waals surface area (Å²) in [6, 6.07) is 14.7. The number of hydrogen-bond acceptors (Lipinski definition) is 5. The van der Waals surface area contributed by atoms with Gasteiger partial charge in [-0.2, -0.15) is 4.98 Å². The van der Waals surface area contributed by atoms with Gasteiger partial charge in [-0.05, 0) is 36.1 Å². The fraction of sp³-hybridized carbons (Fsp3) is 0.318. The minimum Gasteiger partial charge on any atom is -0.492 e. The third kappa shape index (κ3) is 4.27. The molecule has 0 radical (unpaired) electrons. The molecule has 6 nitrogen and oxygen atoms in total. The molecule has 4 rings (SSSR count). The van der Waals surface area contributed by atoms with Gasteiger partial charge in [0.25, 0.3) is 0 Å². The maximum atomic E-state index is 12.9. The Labute approximate surface area is 174 Å². The maximum absolute atomic E-state index is 12.9. The number of carbonyl (C=O) groups excluding carboxylic acids is 1. The van der Waals surface area contributed by atoms with E-state index in [2.05, 4.69) is 15.5 Å². The molecule has 150 valence electrons. The largest absolute Gasteiger partial charge is 0.492 e. The van der Waals surface area contributed by atoms with Crippen LogP contribution in [0.2, 0.25) is 5.02 Å². The van der Waals surface area contributed by atoms with E-state index >= 15 is 0 Å². The minimum atomic E-state index is -0.381. The molecule has 0 saturated heterocycles.